The topological polar surface area (TPSA) is 67.1 Å². The molecule has 1 aromatic heterocycles. The van der Waals surface area contributed by atoms with E-state index in [9.17, 15) is 4.79 Å². The predicted octanol–water partition coefficient (Wildman–Crippen LogP) is 0.629. The minimum atomic E-state index is -0.936. The van der Waals surface area contributed by atoms with Gasteiger partial charge in [0.1, 0.15) is 0 Å². The third kappa shape index (κ3) is 1.61. The Morgan fingerprint density at radius 3 is 3.14 bits per heavy atom. The highest BCUT2D eigenvalue weighted by Gasteiger charge is 2.13. The van der Waals surface area contributed by atoms with E-state index in [2.05, 4.69) is 10.4 Å². The molecule has 0 aliphatic carbocycles. The molecule has 1 atom stereocenters. The van der Waals surface area contributed by atoms with Crippen molar-refractivity contribution in [3.8, 4) is 0 Å². The van der Waals surface area contributed by atoms with Gasteiger partial charge in [0.2, 0.25) is 0 Å². The summed E-state index contributed by atoms with van der Waals surface area (Å²) in [4.78, 5) is 10.6. The number of carbonyl (C=O) groups is 1. The van der Waals surface area contributed by atoms with E-state index in [1.807, 2.05) is 12.3 Å². The summed E-state index contributed by atoms with van der Waals surface area (Å²) in [7, 11) is 0. The van der Waals surface area contributed by atoms with E-state index in [1.54, 1.807) is 10.9 Å². The Hall–Kier alpha value is -1.78. The SMILES string of the molecule is O=C(O)c1cnn(C2C=CNCC2)c1. The summed E-state index contributed by atoms with van der Waals surface area (Å²) in [5, 5.41) is 15.8. The fourth-order valence-electron chi connectivity index (χ4n) is 1.44. The van der Waals surface area contributed by atoms with Gasteiger partial charge < -0.3 is 10.4 Å². The molecule has 2 heterocycles. The second-order valence-corrected chi connectivity index (χ2v) is 3.18. The predicted molar refractivity (Wildman–Crippen MR) is 50.0 cm³/mol. The summed E-state index contributed by atoms with van der Waals surface area (Å²) in [6, 6.07) is 0.171. The van der Waals surface area contributed by atoms with E-state index in [1.165, 1.54) is 6.20 Å². The van der Waals surface area contributed by atoms with Crippen molar-refractivity contribution in [2.24, 2.45) is 0 Å². The summed E-state index contributed by atoms with van der Waals surface area (Å²) in [5.74, 6) is -0.936. The van der Waals surface area contributed by atoms with Crippen molar-refractivity contribution in [2.75, 3.05) is 6.54 Å². The molecule has 5 heteroatoms. The van der Waals surface area contributed by atoms with Crippen molar-refractivity contribution >= 4 is 5.97 Å². The van der Waals surface area contributed by atoms with Gasteiger partial charge in [-0.05, 0) is 18.7 Å². The highest BCUT2D eigenvalue weighted by Crippen LogP contribution is 2.14. The van der Waals surface area contributed by atoms with E-state index in [-0.39, 0.29) is 11.6 Å². The van der Waals surface area contributed by atoms with Gasteiger partial charge in [-0.1, -0.05) is 0 Å². The van der Waals surface area contributed by atoms with Crippen LogP contribution in [0.25, 0.3) is 0 Å². The Morgan fingerprint density at radius 1 is 1.71 bits per heavy atom. The minimum absolute atomic E-state index is 0.171. The highest BCUT2D eigenvalue weighted by molar-refractivity contribution is 5.86. The molecular weight excluding hydrogens is 182 g/mol. The number of hydrogen-bond donors (Lipinski definition) is 2. The molecule has 0 aromatic carbocycles. The van der Waals surface area contributed by atoms with Crippen LogP contribution < -0.4 is 5.32 Å². The molecule has 1 aliphatic rings. The maximum Gasteiger partial charge on any atom is 0.338 e. The third-order valence-corrected chi connectivity index (χ3v) is 2.21. The zero-order valence-corrected chi connectivity index (χ0v) is 7.55. The molecule has 1 aromatic rings. The smallest absolute Gasteiger partial charge is 0.338 e. The number of nitrogens with zero attached hydrogens (tertiary/aromatic N) is 2. The lowest BCUT2D eigenvalue weighted by molar-refractivity contribution is 0.0696. The molecule has 2 rings (SSSR count). The summed E-state index contributed by atoms with van der Waals surface area (Å²) < 4.78 is 1.68. The normalized spacial score (nSPS) is 20.4. The van der Waals surface area contributed by atoms with Crippen LogP contribution in [0.4, 0.5) is 0 Å². The second kappa shape index (κ2) is 3.53. The number of allylic oxidation sites excluding steroid dienone is 1. The van der Waals surface area contributed by atoms with Crippen LogP contribution in [0.15, 0.2) is 24.7 Å². The van der Waals surface area contributed by atoms with Crippen LogP contribution in [0.2, 0.25) is 0 Å². The first-order valence-electron chi connectivity index (χ1n) is 4.45. The first kappa shape index (κ1) is 8.80. The van der Waals surface area contributed by atoms with Crippen LogP contribution in [-0.4, -0.2) is 27.4 Å². The second-order valence-electron chi connectivity index (χ2n) is 3.18. The highest BCUT2D eigenvalue weighted by atomic mass is 16.4. The number of carboxylic acids is 1. The summed E-state index contributed by atoms with van der Waals surface area (Å²) in [6.07, 6.45) is 7.70. The van der Waals surface area contributed by atoms with Gasteiger partial charge in [-0.2, -0.15) is 5.10 Å². The Labute approximate surface area is 81.0 Å². The molecule has 0 bridgehead atoms. The Bertz CT molecular complexity index is 370. The average molecular weight is 193 g/mol. The molecule has 0 amide bonds. The molecular formula is C9H11N3O2. The van der Waals surface area contributed by atoms with Crippen molar-refractivity contribution < 1.29 is 9.90 Å². The molecule has 1 aliphatic heterocycles. The number of aromatic nitrogens is 2. The van der Waals surface area contributed by atoms with E-state index in [0.29, 0.717) is 0 Å². The van der Waals surface area contributed by atoms with Gasteiger partial charge in [-0.3, -0.25) is 4.68 Å². The van der Waals surface area contributed by atoms with Gasteiger partial charge in [0.25, 0.3) is 0 Å². The Kier molecular flexibility index (Phi) is 2.22. The number of hydrogen-bond acceptors (Lipinski definition) is 3. The minimum Gasteiger partial charge on any atom is -0.478 e. The lowest BCUT2D eigenvalue weighted by Gasteiger charge is -2.17. The molecule has 0 radical (unpaired) electrons. The molecule has 0 saturated heterocycles. The number of aromatic carboxylic acids is 1. The average Bonchev–Trinajstić information content (AvgIpc) is 2.68. The molecule has 0 fully saturated rings. The standard InChI is InChI=1S/C9H11N3O2/c13-9(14)7-5-11-12(6-7)8-1-3-10-4-2-8/h1,3,5-6,8,10H,2,4H2,(H,13,14). The maximum absolute atomic E-state index is 10.6. The van der Waals surface area contributed by atoms with E-state index in [4.69, 9.17) is 5.11 Å². The van der Waals surface area contributed by atoms with E-state index >= 15 is 0 Å². The number of rotatable bonds is 2. The van der Waals surface area contributed by atoms with Gasteiger partial charge in [0.05, 0.1) is 17.8 Å². The fraction of sp³-hybridized carbons (Fsp3) is 0.333. The lowest BCUT2D eigenvalue weighted by Crippen LogP contribution is -2.20. The largest absolute Gasteiger partial charge is 0.478 e. The fourth-order valence-corrected chi connectivity index (χ4v) is 1.44. The maximum atomic E-state index is 10.6. The van der Waals surface area contributed by atoms with Crippen LogP contribution in [0.5, 0.6) is 0 Å². The molecule has 0 saturated carbocycles. The molecule has 5 nitrogen and oxygen atoms in total. The first-order valence-corrected chi connectivity index (χ1v) is 4.45. The molecule has 0 spiro atoms. The summed E-state index contributed by atoms with van der Waals surface area (Å²) in [6.45, 7) is 0.892. The van der Waals surface area contributed by atoms with Crippen LogP contribution in [-0.2, 0) is 0 Å². The quantitative estimate of drug-likeness (QED) is 0.722. The van der Waals surface area contributed by atoms with Crippen molar-refractivity contribution in [3.05, 3.63) is 30.2 Å². The zero-order valence-electron chi connectivity index (χ0n) is 7.55. The van der Waals surface area contributed by atoms with Crippen molar-refractivity contribution in [1.82, 2.24) is 15.1 Å². The van der Waals surface area contributed by atoms with Crippen LogP contribution in [0.1, 0.15) is 22.8 Å². The Morgan fingerprint density at radius 2 is 2.57 bits per heavy atom. The van der Waals surface area contributed by atoms with Crippen LogP contribution in [0, 0.1) is 0 Å². The molecule has 1 unspecified atom stereocenters. The molecule has 2 N–H and O–H groups in total. The van der Waals surface area contributed by atoms with E-state index < -0.39 is 5.97 Å². The monoisotopic (exact) mass is 193 g/mol. The third-order valence-electron chi connectivity index (χ3n) is 2.21. The molecule has 14 heavy (non-hydrogen) atoms. The number of carboxylic acid groups (broad SMARTS) is 1. The number of nitrogens with one attached hydrogen (secondary N) is 1. The van der Waals surface area contributed by atoms with E-state index in [0.717, 1.165) is 13.0 Å². The van der Waals surface area contributed by atoms with Crippen molar-refractivity contribution in [1.29, 1.82) is 0 Å². The Balaban J connectivity index is 2.19. The first-order chi connectivity index (χ1) is 6.77. The van der Waals surface area contributed by atoms with Gasteiger partial charge >= 0.3 is 5.97 Å². The van der Waals surface area contributed by atoms with Crippen molar-refractivity contribution in [2.45, 2.75) is 12.5 Å². The summed E-state index contributed by atoms with van der Waals surface area (Å²) >= 11 is 0. The van der Waals surface area contributed by atoms with Gasteiger partial charge in [0.15, 0.2) is 0 Å². The van der Waals surface area contributed by atoms with Crippen LogP contribution in [0.3, 0.4) is 0 Å². The van der Waals surface area contributed by atoms with Gasteiger partial charge in [0, 0.05) is 12.7 Å². The summed E-state index contributed by atoms with van der Waals surface area (Å²) in [5.41, 5.74) is 0.233. The van der Waals surface area contributed by atoms with Gasteiger partial charge in [-0.15, -0.1) is 0 Å². The van der Waals surface area contributed by atoms with Crippen LogP contribution >= 0.6 is 0 Å². The van der Waals surface area contributed by atoms with Crippen molar-refractivity contribution in [3.63, 3.8) is 0 Å². The van der Waals surface area contributed by atoms with Gasteiger partial charge in [-0.25, -0.2) is 4.79 Å². The lowest BCUT2D eigenvalue weighted by atomic mass is 10.1. The zero-order chi connectivity index (χ0) is 9.97. The molecule has 74 valence electrons.